The van der Waals surface area contributed by atoms with Gasteiger partial charge in [-0.05, 0) is 34.3 Å². The maximum atomic E-state index is 14.2. The quantitative estimate of drug-likeness (QED) is 0.621. The number of hydrogen-bond acceptors (Lipinski definition) is 4. The third-order valence-electron chi connectivity index (χ3n) is 3.43. The molecule has 1 aromatic carbocycles. The SMILES string of the molecule is COCC1CCN(S(=O)(=O)c2cc(Cl)c(Br)c(N)c2F)C1. The summed E-state index contributed by atoms with van der Waals surface area (Å²) in [5.74, 6) is -0.877. The van der Waals surface area contributed by atoms with Crippen molar-refractivity contribution in [2.75, 3.05) is 32.5 Å². The first kappa shape index (κ1) is 17.0. The molecule has 1 aliphatic rings. The Morgan fingerprint density at radius 3 is 2.90 bits per heavy atom. The Morgan fingerprint density at radius 1 is 1.62 bits per heavy atom. The van der Waals surface area contributed by atoms with Gasteiger partial charge >= 0.3 is 0 Å². The zero-order valence-electron chi connectivity index (χ0n) is 11.3. The smallest absolute Gasteiger partial charge is 0.246 e. The van der Waals surface area contributed by atoms with Gasteiger partial charge in [-0.25, -0.2) is 12.8 Å². The van der Waals surface area contributed by atoms with Gasteiger partial charge in [-0.2, -0.15) is 4.31 Å². The van der Waals surface area contributed by atoms with Gasteiger partial charge in [0.25, 0.3) is 0 Å². The van der Waals surface area contributed by atoms with Crippen LogP contribution in [0.2, 0.25) is 5.02 Å². The van der Waals surface area contributed by atoms with E-state index < -0.39 is 20.7 Å². The highest BCUT2D eigenvalue weighted by Gasteiger charge is 2.35. The fraction of sp³-hybridized carbons (Fsp3) is 0.500. The Bertz CT molecular complexity index is 656. The van der Waals surface area contributed by atoms with E-state index in [-0.39, 0.29) is 21.1 Å². The third-order valence-corrected chi connectivity index (χ3v) is 6.67. The molecular weight excluding hydrogens is 387 g/mol. The summed E-state index contributed by atoms with van der Waals surface area (Å²) in [5, 5.41) is 0.0557. The van der Waals surface area contributed by atoms with Crippen molar-refractivity contribution in [3.05, 3.63) is 21.4 Å². The van der Waals surface area contributed by atoms with E-state index in [1.165, 1.54) is 4.31 Å². The van der Waals surface area contributed by atoms with Crippen molar-refractivity contribution in [3.63, 3.8) is 0 Å². The Balaban J connectivity index is 2.38. The second-order valence-corrected chi connectivity index (χ2v) is 7.98. The fourth-order valence-corrected chi connectivity index (χ4v) is 4.51. The molecule has 5 nitrogen and oxygen atoms in total. The number of benzene rings is 1. The highest BCUT2D eigenvalue weighted by atomic mass is 79.9. The van der Waals surface area contributed by atoms with E-state index in [9.17, 15) is 12.8 Å². The molecule has 0 saturated carbocycles. The van der Waals surface area contributed by atoms with Crippen LogP contribution in [0, 0.1) is 11.7 Å². The number of nitrogens with zero attached hydrogens (tertiary/aromatic N) is 1. The lowest BCUT2D eigenvalue weighted by Crippen LogP contribution is -2.30. The summed E-state index contributed by atoms with van der Waals surface area (Å²) in [5.41, 5.74) is 5.23. The molecule has 0 bridgehead atoms. The maximum absolute atomic E-state index is 14.2. The number of rotatable bonds is 4. The summed E-state index contributed by atoms with van der Waals surface area (Å²) in [6.07, 6.45) is 0.675. The summed E-state index contributed by atoms with van der Waals surface area (Å²) in [6, 6.07) is 1.08. The van der Waals surface area contributed by atoms with Crippen molar-refractivity contribution < 1.29 is 17.5 Å². The van der Waals surface area contributed by atoms with E-state index in [0.29, 0.717) is 26.1 Å². The molecule has 118 valence electrons. The van der Waals surface area contributed by atoms with Gasteiger partial charge in [-0.15, -0.1) is 0 Å². The second kappa shape index (κ2) is 6.37. The van der Waals surface area contributed by atoms with Crippen LogP contribution in [0.3, 0.4) is 0 Å². The van der Waals surface area contributed by atoms with Gasteiger partial charge in [0, 0.05) is 20.2 Å². The number of anilines is 1. The summed E-state index contributed by atoms with van der Waals surface area (Å²) < 4.78 is 45.7. The second-order valence-electron chi connectivity index (χ2n) is 4.87. The fourth-order valence-electron chi connectivity index (χ4n) is 2.31. The lowest BCUT2D eigenvalue weighted by Gasteiger charge is -2.18. The van der Waals surface area contributed by atoms with Gasteiger partial charge in [0.15, 0.2) is 5.82 Å². The zero-order chi connectivity index (χ0) is 15.8. The summed E-state index contributed by atoms with van der Waals surface area (Å²) in [7, 11) is -2.40. The van der Waals surface area contributed by atoms with Crippen molar-refractivity contribution in [3.8, 4) is 0 Å². The van der Waals surface area contributed by atoms with Crippen LogP contribution in [0.5, 0.6) is 0 Å². The average molecular weight is 402 g/mol. The van der Waals surface area contributed by atoms with Crippen LogP contribution < -0.4 is 5.73 Å². The van der Waals surface area contributed by atoms with Gasteiger partial charge < -0.3 is 10.5 Å². The molecule has 0 amide bonds. The Labute approximate surface area is 136 Å². The molecule has 1 fully saturated rings. The normalized spacial score (nSPS) is 20.1. The number of hydrogen-bond donors (Lipinski definition) is 1. The number of nitrogens with two attached hydrogens (primary N) is 1. The molecule has 1 aliphatic heterocycles. The molecule has 9 heteroatoms. The molecule has 1 heterocycles. The Hall–Kier alpha value is -0.410. The average Bonchev–Trinajstić information content (AvgIpc) is 2.90. The standard InChI is InChI=1S/C12H15BrClFN2O3S/c1-20-6-7-2-3-17(5-7)21(18,19)9-4-8(14)10(13)12(16)11(9)15/h4,7H,2-3,5-6,16H2,1H3. The first-order valence-corrected chi connectivity index (χ1v) is 8.82. The summed E-state index contributed by atoms with van der Waals surface area (Å²) in [4.78, 5) is -0.494. The van der Waals surface area contributed by atoms with Crippen LogP contribution in [0.4, 0.5) is 10.1 Å². The molecule has 0 aliphatic carbocycles. The van der Waals surface area contributed by atoms with E-state index >= 15 is 0 Å². The predicted molar refractivity (Wildman–Crippen MR) is 82.3 cm³/mol. The van der Waals surface area contributed by atoms with Crippen molar-refractivity contribution in [1.82, 2.24) is 4.31 Å². The van der Waals surface area contributed by atoms with Gasteiger partial charge in [0.1, 0.15) is 4.90 Å². The number of ether oxygens (including phenoxy) is 1. The van der Waals surface area contributed by atoms with Crippen molar-refractivity contribution in [2.24, 2.45) is 5.92 Å². The summed E-state index contributed by atoms with van der Waals surface area (Å²) >= 11 is 8.91. The minimum atomic E-state index is -3.96. The van der Waals surface area contributed by atoms with Crippen molar-refractivity contribution in [2.45, 2.75) is 11.3 Å². The van der Waals surface area contributed by atoms with E-state index in [2.05, 4.69) is 15.9 Å². The molecule has 0 radical (unpaired) electrons. The highest BCUT2D eigenvalue weighted by molar-refractivity contribution is 9.10. The van der Waals surface area contributed by atoms with E-state index in [0.717, 1.165) is 6.07 Å². The first-order chi connectivity index (χ1) is 9.78. The molecule has 2 rings (SSSR count). The Kier molecular flexibility index (Phi) is 5.15. The predicted octanol–water partition coefficient (Wildman–Crippen LogP) is 2.48. The number of nitrogen functional groups attached to an aromatic ring is 1. The third kappa shape index (κ3) is 3.19. The first-order valence-electron chi connectivity index (χ1n) is 6.21. The lowest BCUT2D eigenvalue weighted by molar-refractivity contribution is 0.157. The van der Waals surface area contributed by atoms with Crippen molar-refractivity contribution in [1.29, 1.82) is 0 Å². The van der Waals surface area contributed by atoms with E-state index in [1.807, 2.05) is 0 Å². The molecule has 2 N–H and O–H groups in total. The number of sulfonamides is 1. The molecule has 0 aromatic heterocycles. The molecule has 1 unspecified atom stereocenters. The minimum Gasteiger partial charge on any atom is -0.395 e. The van der Waals surface area contributed by atoms with Crippen LogP contribution in [0.15, 0.2) is 15.4 Å². The number of methoxy groups -OCH3 is 1. The number of halogens is 3. The highest BCUT2D eigenvalue weighted by Crippen LogP contribution is 2.36. The van der Waals surface area contributed by atoms with E-state index in [4.69, 9.17) is 22.1 Å². The zero-order valence-corrected chi connectivity index (χ0v) is 14.4. The van der Waals surface area contributed by atoms with Crippen LogP contribution in [0.25, 0.3) is 0 Å². The molecule has 0 spiro atoms. The molecule has 1 saturated heterocycles. The van der Waals surface area contributed by atoms with Gasteiger partial charge in [0.05, 0.1) is 21.8 Å². The van der Waals surface area contributed by atoms with E-state index in [1.54, 1.807) is 7.11 Å². The Morgan fingerprint density at radius 2 is 2.29 bits per heavy atom. The van der Waals surface area contributed by atoms with Crippen LogP contribution in [-0.2, 0) is 14.8 Å². The largest absolute Gasteiger partial charge is 0.395 e. The minimum absolute atomic E-state index is 0.0557. The molecule has 1 aromatic rings. The van der Waals surface area contributed by atoms with Crippen molar-refractivity contribution >= 4 is 43.2 Å². The van der Waals surface area contributed by atoms with Gasteiger partial charge in [-0.3, -0.25) is 0 Å². The van der Waals surface area contributed by atoms with Gasteiger partial charge in [-0.1, -0.05) is 11.6 Å². The van der Waals surface area contributed by atoms with Crippen LogP contribution >= 0.6 is 27.5 Å². The molecular formula is C12H15BrClFN2O3S. The molecule has 21 heavy (non-hydrogen) atoms. The lowest BCUT2D eigenvalue weighted by atomic mass is 10.1. The monoisotopic (exact) mass is 400 g/mol. The maximum Gasteiger partial charge on any atom is 0.246 e. The van der Waals surface area contributed by atoms with Crippen LogP contribution in [0.1, 0.15) is 6.42 Å². The topological polar surface area (TPSA) is 72.6 Å². The summed E-state index contributed by atoms with van der Waals surface area (Å²) in [6.45, 7) is 1.09. The van der Waals surface area contributed by atoms with Gasteiger partial charge in [0.2, 0.25) is 10.0 Å². The molecule has 1 atom stereocenters. The van der Waals surface area contributed by atoms with Crippen LogP contribution in [-0.4, -0.2) is 39.5 Å².